The molecule has 0 saturated carbocycles. The van der Waals surface area contributed by atoms with Gasteiger partial charge in [0.2, 0.25) is 5.91 Å². The van der Waals surface area contributed by atoms with Gasteiger partial charge in [0.25, 0.3) is 0 Å². The van der Waals surface area contributed by atoms with E-state index in [4.69, 9.17) is 0 Å². The van der Waals surface area contributed by atoms with E-state index in [1.54, 1.807) is 6.92 Å². The highest BCUT2D eigenvalue weighted by atomic mass is 32.2. The predicted molar refractivity (Wildman–Crippen MR) is 76.9 cm³/mol. The van der Waals surface area contributed by atoms with Gasteiger partial charge in [-0.15, -0.1) is 11.8 Å². The second-order valence-electron chi connectivity index (χ2n) is 4.94. The number of carbonyl (C=O) groups excluding carboxylic acids is 1. The molecule has 0 aromatic heterocycles. The standard InChI is InChI=1S/C13H15F2NO3S2/c1-8(20-12-3-2-9(14)6-11(12)15)13(17)16-10-4-5-21(18,19)7-10/h2-3,6,8,10H,4-5,7H2,1H3,(H,16,17)/t8-,10+/m1/s1. The van der Waals surface area contributed by atoms with Gasteiger partial charge in [0.15, 0.2) is 9.84 Å². The molecule has 1 aliphatic heterocycles. The summed E-state index contributed by atoms with van der Waals surface area (Å²) in [4.78, 5) is 12.1. The molecule has 1 fully saturated rings. The van der Waals surface area contributed by atoms with Crippen LogP contribution in [0, 0.1) is 11.6 Å². The van der Waals surface area contributed by atoms with Gasteiger partial charge in [-0.3, -0.25) is 4.79 Å². The van der Waals surface area contributed by atoms with Gasteiger partial charge in [-0.2, -0.15) is 0 Å². The maximum atomic E-state index is 13.5. The molecule has 8 heteroatoms. The third-order valence-electron chi connectivity index (χ3n) is 3.15. The Labute approximate surface area is 126 Å². The molecular formula is C13H15F2NO3S2. The second-order valence-corrected chi connectivity index (χ2v) is 8.55. The van der Waals surface area contributed by atoms with Gasteiger partial charge < -0.3 is 5.32 Å². The number of thioether (sulfide) groups is 1. The lowest BCUT2D eigenvalue weighted by molar-refractivity contribution is -0.120. The van der Waals surface area contributed by atoms with E-state index in [0.29, 0.717) is 6.42 Å². The lowest BCUT2D eigenvalue weighted by atomic mass is 10.2. The molecule has 1 heterocycles. The molecule has 1 N–H and O–H groups in total. The Balaban J connectivity index is 1.94. The summed E-state index contributed by atoms with van der Waals surface area (Å²) in [5.74, 6) is -1.73. The lowest BCUT2D eigenvalue weighted by Crippen LogP contribution is -2.39. The minimum atomic E-state index is -3.06. The fourth-order valence-corrected chi connectivity index (χ4v) is 4.59. The summed E-state index contributed by atoms with van der Waals surface area (Å²) >= 11 is 0.967. The van der Waals surface area contributed by atoms with Crippen molar-refractivity contribution in [3.8, 4) is 0 Å². The second kappa shape index (κ2) is 6.31. The van der Waals surface area contributed by atoms with Crippen LogP contribution in [-0.2, 0) is 14.6 Å². The van der Waals surface area contributed by atoms with Crippen molar-refractivity contribution in [2.75, 3.05) is 11.5 Å². The molecule has 1 aliphatic rings. The summed E-state index contributed by atoms with van der Waals surface area (Å²) in [7, 11) is -3.06. The Morgan fingerprint density at radius 1 is 1.43 bits per heavy atom. The molecule has 0 spiro atoms. The first kappa shape index (κ1) is 16.2. The fraction of sp³-hybridized carbons (Fsp3) is 0.462. The van der Waals surface area contributed by atoms with E-state index < -0.39 is 26.7 Å². The van der Waals surface area contributed by atoms with E-state index in [9.17, 15) is 22.0 Å². The SMILES string of the molecule is C[C@@H](Sc1ccc(F)cc1F)C(=O)N[C@H]1CCS(=O)(=O)C1. The molecule has 4 nitrogen and oxygen atoms in total. The maximum Gasteiger partial charge on any atom is 0.233 e. The fourth-order valence-electron chi connectivity index (χ4n) is 2.04. The van der Waals surface area contributed by atoms with Crippen molar-refractivity contribution < 1.29 is 22.0 Å². The number of sulfone groups is 1. The number of hydrogen-bond donors (Lipinski definition) is 1. The normalized spacial score (nSPS) is 22.0. The monoisotopic (exact) mass is 335 g/mol. The average Bonchev–Trinajstić information content (AvgIpc) is 2.72. The van der Waals surface area contributed by atoms with Crippen LogP contribution in [0.25, 0.3) is 0 Å². The predicted octanol–water partition coefficient (Wildman–Crippen LogP) is 1.75. The third-order valence-corrected chi connectivity index (χ3v) is 6.07. The largest absolute Gasteiger partial charge is 0.351 e. The molecule has 0 radical (unpaired) electrons. The zero-order valence-corrected chi connectivity index (χ0v) is 12.9. The first-order valence-electron chi connectivity index (χ1n) is 6.39. The van der Waals surface area contributed by atoms with Gasteiger partial charge >= 0.3 is 0 Å². The molecule has 1 aromatic carbocycles. The smallest absolute Gasteiger partial charge is 0.233 e. The Morgan fingerprint density at radius 2 is 2.14 bits per heavy atom. The highest BCUT2D eigenvalue weighted by molar-refractivity contribution is 8.00. The Hall–Kier alpha value is -1.15. The molecule has 1 aromatic rings. The van der Waals surface area contributed by atoms with E-state index in [2.05, 4.69) is 5.32 Å². The van der Waals surface area contributed by atoms with Crippen molar-refractivity contribution in [3.05, 3.63) is 29.8 Å². The van der Waals surface area contributed by atoms with Crippen LogP contribution in [0.2, 0.25) is 0 Å². The van der Waals surface area contributed by atoms with E-state index in [-0.39, 0.29) is 28.4 Å². The number of carbonyl (C=O) groups is 1. The lowest BCUT2D eigenvalue weighted by Gasteiger charge is -2.15. The Kier molecular flexibility index (Phi) is 4.88. The van der Waals surface area contributed by atoms with Crippen LogP contribution in [-0.4, -0.2) is 37.1 Å². The summed E-state index contributed by atoms with van der Waals surface area (Å²) in [6.07, 6.45) is 0.399. The van der Waals surface area contributed by atoms with Gasteiger partial charge in [-0.1, -0.05) is 0 Å². The molecular weight excluding hydrogens is 320 g/mol. The highest BCUT2D eigenvalue weighted by Gasteiger charge is 2.30. The zero-order chi connectivity index (χ0) is 15.6. The number of rotatable bonds is 4. The van der Waals surface area contributed by atoms with Crippen molar-refractivity contribution in [2.24, 2.45) is 0 Å². The van der Waals surface area contributed by atoms with Crippen LogP contribution in [0.1, 0.15) is 13.3 Å². The zero-order valence-electron chi connectivity index (χ0n) is 11.3. The molecule has 21 heavy (non-hydrogen) atoms. The first-order valence-corrected chi connectivity index (χ1v) is 9.09. The Bertz CT molecular complexity index is 649. The van der Waals surface area contributed by atoms with Crippen molar-refractivity contribution >= 4 is 27.5 Å². The summed E-state index contributed by atoms with van der Waals surface area (Å²) in [5, 5.41) is 2.05. The van der Waals surface area contributed by atoms with Gasteiger partial charge in [-0.05, 0) is 25.5 Å². The topological polar surface area (TPSA) is 63.2 Å². The number of amides is 1. The minimum absolute atomic E-state index is 0.0545. The molecule has 1 saturated heterocycles. The highest BCUT2D eigenvalue weighted by Crippen LogP contribution is 2.27. The number of halogens is 2. The van der Waals surface area contributed by atoms with Gasteiger partial charge in [0.05, 0.1) is 16.8 Å². The number of benzene rings is 1. The molecule has 1 amide bonds. The van der Waals surface area contributed by atoms with E-state index in [1.807, 2.05) is 0 Å². The van der Waals surface area contributed by atoms with Crippen molar-refractivity contribution in [3.63, 3.8) is 0 Å². The minimum Gasteiger partial charge on any atom is -0.351 e. The van der Waals surface area contributed by atoms with Crippen LogP contribution < -0.4 is 5.32 Å². The van der Waals surface area contributed by atoms with Crippen LogP contribution in [0.4, 0.5) is 8.78 Å². The van der Waals surface area contributed by atoms with Crippen LogP contribution >= 0.6 is 11.8 Å². The summed E-state index contributed by atoms with van der Waals surface area (Å²) in [5.41, 5.74) is 0. The Morgan fingerprint density at radius 3 is 2.71 bits per heavy atom. The average molecular weight is 335 g/mol. The van der Waals surface area contributed by atoms with Crippen molar-refractivity contribution in [1.82, 2.24) is 5.32 Å². The molecule has 0 bridgehead atoms. The molecule has 0 aliphatic carbocycles. The van der Waals surface area contributed by atoms with Crippen molar-refractivity contribution in [1.29, 1.82) is 0 Å². The van der Waals surface area contributed by atoms with Crippen LogP contribution in [0.5, 0.6) is 0 Å². The van der Waals surface area contributed by atoms with Gasteiger partial charge in [0, 0.05) is 17.0 Å². The maximum absolute atomic E-state index is 13.5. The van der Waals surface area contributed by atoms with E-state index >= 15 is 0 Å². The third kappa shape index (κ3) is 4.41. The number of nitrogens with one attached hydrogen (secondary N) is 1. The van der Waals surface area contributed by atoms with Crippen LogP contribution in [0.15, 0.2) is 23.1 Å². The van der Waals surface area contributed by atoms with E-state index in [1.165, 1.54) is 6.07 Å². The summed E-state index contributed by atoms with van der Waals surface area (Å²) in [6.45, 7) is 1.59. The molecule has 0 unspecified atom stereocenters. The molecule has 116 valence electrons. The van der Waals surface area contributed by atoms with Gasteiger partial charge in [-0.25, -0.2) is 17.2 Å². The quantitative estimate of drug-likeness (QED) is 0.852. The van der Waals surface area contributed by atoms with Crippen LogP contribution in [0.3, 0.4) is 0 Å². The summed E-state index contributed by atoms with van der Waals surface area (Å²) < 4.78 is 48.9. The van der Waals surface area contributed by atoms with Crippen molar-refractivity contribution in [2.45, 2.75) is 29.5 Å². The summed E-state index contributed by atoms with van der Waals surface area (Å²) in [6, 6.07) is 2.78. The number of hydrogen-bond acceptors (Lipinski definition) is 4. The molecule has 2 rings (SSSR count). The molecule has 2 atom stereocenters. The van der Waals surface area contributed by atoms with E-state index in [0.717, 1.165) is 23.9 Å². The van der Waals surface area contributed by atoms with Gasteiger partial charge in [0.1, 0.15) is 11.6 Å². The first-order chi connectivity index (χ1) is 9.77.